The van der Waals surface area contributed by atoms with E-state index in [4.69, 9.17) is 14.2 Å². The maximum Gasteiger partial charge on any atom is 0.254 e. The average molecular weight is 546 g/mol. The van der Waals surface area contributed by atoms with E-state index >= 15 is 0 Å². The number of carbonyl (C=O) groups is 1. The van der Waals surface area contributed by atoms with Crippen LogP contribution in [0.5, 0.6) is 5.75 Å². The molecule has 204 valence electrons. The number of rotatable bonds is 12. The number of halogens is 1. The summed E-state index contributed by atoms with van der Waals surface area (Å²) in [5, 5.41) is -0.0985. The Kier molecular flexibility index (Phi) is 9.13. The summed E-state index contributed by atoms with van der Waals surface area (Å²) in [7, 11) is -0.792. The maximum atomic E-state index is 13.5. The van der Waals surface area contributed by atoms with E-state index in [1.807, 2.05) is 0 Å². The highest BCUT2D eigenvalue weighted by atomic mass is 32.2. The summed E-state index contributed by atoms with van der Waals surface area (Å²) < 4.78 is 58.2. The topological polar surface area (TPSA) is 100.0 Å². The van der Waals surface area contributed by atoms with Crippen molar-refractivity contribution in [1.29, 1.82) is 0 Å². The van der Waals surface area contributed by atoms with Gasteiger partial charge in [-0.2, -0.15) is 0 Å². The lowest BCUT2D eigenvalue weighted by atomic mass is 10.1. The first-order valence-electron chi connectivity index (χ1n) is 12.4. The van der Waals surface area contributed by atoms with E-state index in [9.17, 15) is 17.6 Å². The van der Waals surface area contributed by atoms with Crippen LogP contribution in [0.1, 0.15) is 34.5 Å². The van der Waals surface area contributed by atoms with Crippen molar-refractivity contribution in [2.24, 2.45) is 0 Å². The van der Waals surface area contributed by atoms with Crippen molar-refractivity contribution in [1.82, 2.24) is 14.5 Å². The van der Waals surface area contributed by atoms with Crippen molar-refractivity contribution in [3.05, 3.63) is 77.4 Å². The van der Waals surface area contributed by atoms with Gasteiger partial charge >= 0.3 is 0 Å². The minimum atomic E-state index is -3.84. The SMILES string of the molecule is COCCn1c(CN(CC2CCCO2)C(=O)c2ccc(F)cc2)cnc1S(=O)(=O)Cc1cccc(OC)c1. The third kappa shape index (κ3) is 6.77. The number of amides is 1. The zero-order chi connectivity index (χ0) is 27.1. The standard InChI is InChI=1S/C27H32FN3O6S/c1-35-14-12-31-23(16-29-27(31)38(33,34)19-20-5-3-6-24(15-20)36-2)17-30(18-25-7-4-13-37-25)26(32)21-8-10-22(28)11-9-21/h3,5-6,8-11,15-16,25H,4,7,12-14,17-19H2,1-2H3. The fourth-order valence-electron chi connectivity index (χ4n) is 4.46. The van der Waals surface area contributed by atoms with Crippen LogP contribution < -0.4 is 4.74 Å². The molecule has 0 radical (unpaired) electrons. The van der Waals surface area contributed by atoms with Gasteiger partial charge in [0.15, 0.2) is 0 Å². The lowest BCUT2D eigenvalue weighted by Crippen LogP contribution is -2.37. The molecule has 2 heterocycles. The first-order valence-corrected chi connectivity index (χ1v) is 14.0. The van der Waals surface area contributed by atoms with Crippen molar-refractivity contribution in [2.75, 3.05) is 34.0 Å². The summed E-state index contributed by atoms with van der Waals surface area (Å²) in [5.74, 6) is -0.441. The molecule has 0 bridgehead atoms. The summed E-state index contributed by atoms with van der Waals surface area (Å²) in [6.45, 7) is 1.53. The first-order chi connectivity index (χ1) is 18.3. The van der Waals surface area contributed by atoms with E-state index in [0.29, 0.717) is 35.7 Å². The Bertz CT molecular complexity index is 1340. The molecule has 1 atom stereocenters. The molecule has 1 aromatic heterocycles. The van der Waals surface area contributed by atoms with Crippen LogP contribution in [0.2, 0.25) is 0 Å². The van der Waals surface area contributed by atoms with Crippen LogP contribution in [-0.2, 0) is 38.2 Å². The predicted molar refractivity (Wildman–Crippen MR) is 138 cm³/mol. The molecule has 0 saturated carbocycles. The number of ether oxygens (including phenoxy) is 3. The molecule has 11 heteroatoms. The van der Waals surface area contributed by atoms with Gasteiger partial charge in [0.25, 0.3) is 5.91 Å². The fraction of sp³-hybridized carbons (Fsp3) is 0.407. The predicted octanol–water partition coefficient (Wildman–Crippen LogP) is 3.47. The number of aromatic nitrogens is 2. The molecule has 1 aliphatic heterocycles. The van der Waals surface area contributed by atoms with Gasteiger partial charge in [-0.3, -0.25) is 4.79 Å². The molecule has 0 N–H and O–H groups in total. The Morgan fingerprint density at radius 2 is 2.00 bits per heavy atom. The van der Waals surface area contributed by atoms with Crippen LogP contribution in [0.15, 0.2) is 59.9 Å². The molecular weight excluding hydrogens is 513 g/mol. The summed E-state index contributed by atoms with van der Waals surface area (Å²) in [4.78, 5) is 19.3. The molecule has 1 amide bonds. The molecule has 1 unspecified atom stereocenters. The van der Waals surface area contributed by atoms with Gasteiger partial charge in [0.05, 0.1) is 44.0 Å². The minimum absolute atomic E-state index is 0.0985. The maximum absolute atomic E-state index is 13.5. The quantitative estimate of drug-likeness (QED) is 0.344. The van der Waals surface area contributed by atoms with Gasteiger partial charge in [-0.25, -0.2) is 17.8 Å². The Balaban J connectivity index is 1.64. The third-order valence-electron chi connectivity index (χ3n) is 6.37. The Labute approximate surface area is 222 Å². The van der Waals surface area contributed by atoms with E-state index in [1.165, 1.54) is 44.7 Å². The van der Waals surface area contributed by atoms with Crippen LogP contribution in [0.3, 0.4) is 0 Å². The van der Waals surface area contributed by atoms with Gasteiger partial charge in [0.1, 0.15) is 11.6 Å². The molecule has 0 aliphatic carbocycles. The van der Waals surface area contributed by atoms with Gasteiger partial charge in [-0.05, 0) is 54.8 Å². The van der Waals surface area contributed by atoms with Crippen molar-refractivity contribution >= 4 is 15.7 Å². The third-order valence-corrected chi connectivity index (χ3v) is 7.96. The number of nitrogens with zero attached hydrogens (tertiary/aromatic N) is 3. The smallest absolute Gasteiger partial charge is 0.254 e. The zero-order valence-corrected chi connectivity index (χ0v) is 22.3. The average Bonchev–Trinajstić information content (AvgIpc) is 3.57. The molecule has 1 aliphatic rings. The number of hydrogen-bond acceptors (Lipinski definition) is 7. The second-order valence-electron chi connectivity index (χ2n) is 9.11. The van der Waals surface area contributed by atoms with Crippen LogP contribution in [0.25, 0.3) is 0 Å². The first kappa shape index (κ1) is 27.7. The summed E-state index contributed by atoms with van der Waals surface area (Å²) in [6, 6.07) is 12.2. The number of methoxy groups -OCH3 is 2. The molecule has 4 rings (SSSR count). The monoisotopic (exact) mass is 545 g/mol. The summed E-state index contributed by atoms with van der Waals surface area (Å²) in [6.07, 6.45) is 3.07. The Hall–Kier alpha value is -3.28. The number of carbonyl (C=O) groups excluding carboxylic acids is 1. The molecule has 9 nitrogen and oxygen atoms in total. The van der Waals surface area contributed by atoms with Crippen LogP contribution in [0, 0.1) is 5.82 Å². The van der Waals surface area contributed by atoms with E-state index in [2.05, 4.69) is 4.98 Å². The summed E-state index contributed by atoms with van der Waals surface area (Å²) >= 11 is 0. The lowest BCUT2D eigenvalue weighted by Gasteiger charge is -2.26. The molecular formula is C27H32FN3O6S. The number of hydrogen-bond donors (Lipinski definition) is 0. The van der Waals surface area contributed by atoms with Gasteiger partial charge < -0.3 is 23.7 Å². The van der Waals surface area contributed by atoms with Crippen molar-refractivity contribution < 1.29 is 31.8 Å². The largest absolute Gasteiger partial charge is 0.497 e. The van der Waals surface area contributed by atoms with Crippen molar-refractivity contribution in [3.8, 4) is 5.75 Å². The molecule has 38 heavy (non-hydrogen) atoms. The fourth-order valence-corrected chi connectivity index (χ4v) is 5.96. The van der Waals surface area contributed by atoms with Crippen LogP contribution in [-0.4, -0.2) is 68.9 Å². The van der Waals surface area contributed by atoms with E-state index in [1.54, 1.807) is 33.7 Å². The molecule has 2 aromatic carbocycles. The molecule has 1 fully saturated rings. The zero-order valence-electron chi connectivity index (χ0n) is 21.5. The van der Waals surface area contributed by atoms with Gasteiger partial charge in [0, 0.05) is 32.4 Å². The van der Waals surface area contributed by atoms with Gasteiger partial charge in [0.2, 0.25) is 15.0 Å². The Morgan fingerprint density at radius 1 is 1.21 bits per heavy atom. The highest BCUT2D eigenvalue weighted by Gasteiger charge is 2.28. The van der Waals surface area contributed by atoms with E-state index in [0.717, 1.165) is 12.8 Å². The number of benzene rings is 2. The summed E-state index contributed by atoms with van der Waals surface area (Å²) in [5.41, 5.74) is 1.44. The molecule has 1 saturated heterocycles. The second-order valence-corrected chi connectivity index (χ2v) is 11.0. The van der Waals surface area contributed by atoms with Gasteiger partial charge in [-0.1, -0.05) is 12.1 Å². The van der Waals surface area contributed by atoms with Crippen molar-refractivity contribution in [3.63, 3.8) is 0 Å². The normalized spacial score (nSPS) is 15.5. The Morgan fingerprint density at radius 3 is 2.68 bits per heavy atom. The highest BCUT2D eigenvalue weighted by Crippen LogP contribution is 2.23. The molecule has 3 aromatic rings. The second kappa shape index (κ2) is 12.5. The minimum Gasteiger partial charge on any atom is -0.497 e. The number of sulfone groups is 1. The van der Waals surface area contributed by atoms with Crippen molar-refractivity contribution in [2.45, 2.75) is 42.9 Å². The highest BCUT2D eigenvalue weighted by molar-refractivity contribution is 7.90. The van der Waals surface area contributed by atoms with Crippen LogP contribution in [0.4, 0.5) is 4.39 Å². The number of imidazole rings is 1. The molecule has 0 spiro atoms. The lowest BCUT2D eigenvalue weighted by molar-refractivity contribution is 0.0500. The van der Waals surface area contributed by atoms with Crippen LogP contribution >= 0.6 is 0 Å². The van der Waals surface area contributed by atoms with E-state index in [-0.39, 0.29) is 42.6 Å². The van der Waals surface area contributed by atoms with E-state index < -0.39 is 15.7 Å². The van der Waals surface area contributed by atoms with Gasteiger partial charge in [-0.15, -0.1) is 0 Å².